The fourth-order valence-electron chi connectivity index (χ4n) is 9.27. The van der Waals surface area contributed by atoms with Gasteiger partial charge in [-0.05, 0) is 104 Å². The van der Waals surface area contributed by atoms with Gasteiger partial charge in [0, 0.05) is 22.2 Å². The number of nitrogens with zero attached hydrogens (tertiary/aromatic N) is 1. The van der Waals surface area contributed by atoms with Crippen LogP contribution in [0, 0.1) is 0 Å². The van der Waals surface area contributed by atoms with Gasteiger partial charge in [0.15, 0.2) is 0 Å². The van der Waals surface area contributed by atoms with Crippen LogP contribution in [0.1, 0.15) is 70.1 Å². The van der Waals surface area contributed by atoms with Crippen molar-refractivity contribution < 1.29 is 0 Å². The van der Waals surface area contributed by atoms with E-state index >= 15 is 0 Å². The van der Waals surface area contributed by atoms with Crippen molar-refractivity contribution in [2.75, 3.05) is 4.90 Å². The minimum Gasteiger partial charge on any atom is -0.334 e. The summed E-state index contributed by atoms with van der Waals surface area (Å²) in [6.45, 7) is 9.93. The quantitative estimate of drug-likeness (QED) is 0.186. The van der Waals surface area contributed by atoms with Crippen molar-refractivity contribution >= 4 is 43.7 Å². The molecule has 0 saturated heterocycles. The van der Waals surface area contributed by atoms with E-state index in [1.54, 1.807) is 0 Å². The monoisotopic (exact) mass is 543 g/mol. The molecule has 0 spiro atoms. The van der Waals surface area contributed by atoms with E-state index < -0.39 is 0 Å². The fraction of sp³-hybridized carbons (Fsp3) is 0.268. The largest absolute Gasteiger partial charge is 0.334 e. The molecule has 3 aliphatic rings. The molecule has 0 amide bonds. The van der Waals surface area contributed by atoms with Gasteiger partial charge in [-0.25, -0.2) is 0 Å². The Labute approximate surface area is 248 Å². The normalized spacial score (nSPS) is 23.7. The van der Waals surface area contributed by atoms with Crippen molar-refractivity contribution in [2.24, 2.45) is 0 Å². The maximum absolute atomic E-state index is 2.75. The van der Waals surface area contributed by atoms with Crippen LogP contribution in [0.4, 0.5) is 11.4 Å². The van der Waals surface area contributed by atoms with Crippen molar-refractivity contribution in [1.29, 1.82) is 0 Å². The highest BCUT2D eigenvalue weighted by Gasteiger charge is 2.57. The van der Waals surface area contributed by atoms with Crippen LogP contribution >= 0.6 is 0 Å². The Morgan fingerprint density at radius 2 is 1.26 bits per heavy atom. The lowest BCUT2D eigenvalue weighted by molar-refractivity contribution is 0.195. The maximum atomic E-state index is 2.75. The van der Waals surface area contributed by atoms with Gasteiger partial charge in [-0.15, -0.1) is 0 Å². The van der Waals surface area contributed by atoms with Crippen LogP contribution in [0.15, 0.2) is 103 Å². The highest BCUT2D eigenvalue weighted by atomic mass is 15.3. The van der Waals surface area contributed by atoms with Gasteiger partial charge in [-0.1, -0.05) is 112 Å². The van der Waals surface area contributed by atoms with Crippen molar-refractivity contribution in [1.82, 2.24) is 0 Å². The minimum absolute atomic E-state index is 0.0421. The Bertz CT molecular complexity index is 2120. The fourth-order valence-corrected chi connectivity index (χ4v) is 9.27. The summed E-state index contributed by atoms with van der Waals surface area (Å²) in [7, 11) is 0. The molecule has 9 rings (SSSR count). The SMILES string of the molecule is CC1(C)c2cc(N3c4cc5ccccc5cc4C4(C)CCCCC34C)ccc2-c2c1ccc1c2ccc2ccccc21. The second kappa shape index (κ2) is 8.04. The second-order valence-corrected chi connectivity index (χ2v) is 14.1. The zero-order valence-electron chi connectivity index (χ0n) is 25.1. The Morgan fingerprint density at radius 3 is 2.10 bits per heavy atom. The third-order valence-electron chi connectivity index (χ3n) is 11.8. The van der Waals surface area contributed by atoms with Gasteiger partial charge in [0.1, 0.15) is 0 Å². The molecule has 42 heavy (non-hydrogen) atoms. The number of anilines is 2. The Morgan fingerprint density at radius 1 is 0.548 bits per heavy atom. The molecular formula is C41H37N. The van der Waals surface area contributed by atoms with Crippen LogP contribution < -0.4 is 4.90 Å². The summed E-state index contributed by atoms with van der Waals surface area (Å²) in [5.41, 5.74) is 10.1. The van der Waals surface area contributed by atoms with E-state index in [-0.39, 0.29) is 16.4 Å². The first-order valence-corrected chi connectivity index (χ1v) is 15.7. The van der Waals surface area contributed by atoms with Gasteiger partial charge in [0.25, 0.3) is 0 Å². The van der Waals surface area contributed by atoms with E-state index in [0.29, 0.717) is 0 Å². The summed E-state index contributed by atoms with van der Waals surface area (Å²) in [4.78, 5) is 2.75. The predicted octanol–water partition coefficient (Wildman–Crippen LogP) is 11.2. The maximum Gasteiger partial charge on any atom is 0.0517 e. The van der Waals surface area contributed by atoms with E-state index in [1.165, 1.54) is 97.2 Å². The Kier molecular flexibility index (Phi) is 4.69. The number of hydrogen-bond acceptors (Lipinski definition) is 1. The number of hydrogen-bond donors (Lipinski definition) is 0. The van der Waals surface area contributed by atoms with Crippen LogP contribution in [-0.4, -0.2) is 5.54 Å². The molecule has 0 N–H and O–H groups in total. The first-order chi connectivity index (χ1) is 20.3. The molecule has 2 atom stereocenters. The van der Waals surface area contributed by atoms with Crippen LogP contribution in [-0.2, 0) is 10.8 Å². The lowest BCUT2D eigenvalue weighted by Gasteiger charge is -2.50. The minimum atomic E-state index is -0.0662. The van der Waals surface area contributed by atoms with Crippen LogP contribution in [0.25, 0.3) is 43.4 Å². The molecule has 1 saturated carbocycles. The average molecular weight is 544 g/mol. The molecule has 206 valence electrons. The molecule has 0 radical (unpaired) electrons. The molecule has 1 nitrogen and oxygen atoms in total. The van der Waals surface area contributed by atoms with Gasteiger partial charge >= 0.3 is 0 Å². The standard InChI is InChI=1S/C41H37N/c1-39(2)34-20-19-31-30-14-8-7-11-26(30)15-17-32(31)38(34)33-18-16-29(25-35(33)39)42-37-24-28-13-6-5-12-27(28)23-36(37)40(3)21-9-10-22-41(40,42)4/h5-8,11-20,23-25H,9-10,21-22H2,1-4H3. The Hall–Kier alpha value is -4.10. The molecule has 2 unspecified atom stereocenters. The van der Waals surface area contributed by atoms with E-state index in [0.717, 1.165) is 0 Å². The van der Waals surface area contributed by atoms with Gasteiger partial charge < -0.3 is 4.90 Å². The lowest BCUT2D eigenvalue weighted by atomic mass is 9.61. The molecular weight excluding hydrogens is 506 g/mol. The van der Waals surface area contributed by atoms with E-state index in [2.05, 4.69) is 136 Å². The Balaban J connectivity index is 1.28. The molecule has 1 aliphatic heterocycles. The van der Waals surface area contributed by atoms with Gasteiger partial charge in [-0.2, -0.15) is 0 Å². The third-order valence-corrected chi connectivity index (χ3v) is 11.8. The zero-order valence-corrected chi connectivity index (χ0v) is 25.1. The second-order valence-electron chi connectivity index (χ2n) is 14.1. The summed E-state index contributed by atoms with van der Waals surface area (Å²) in [6.07, 6.45) is 5.05. The van der Waals surface area contributed by atoms with Crippen LogP contribution in [0.2, 0.25) is 0 Å². The molecule has 1 heteroatoms. The number of benzene rings is 6. The smallest absolute Gasteiger partial charge is 0.0517 e. The number of fused-ring (bicyclic) bond motifs is 11. The summed E-state index contributed by atoms with van der Waals surface area (Å²) in [5.74, 6) is 0. The van der Waals surface area contributed by atoms with Crippen LogP contribution in [0.3, 0.4) is 0 Å². The summed E-state index contributed by atoms with van der Waals surface area (Å²) < 4.78 is 0. The molecule has 2 aliphatic carbocycles. The van der Waals surface area contributed by atoms with Gasteiger partial charge in [-0.3, -0.25) is 0 Å². The van der Waals surface area contributed by atoms with E-state index in [4.69, 9.17) is 0 Å². The topological polar surface area (TPSA) is 3.24 Å². The van der Waals surface area contributed by atoms with Crippen LogP contribution in [0.5, 0.6) is 0 Å². The molecule has 1 fully saturated rings. The summed E-state index contributed by atoms with van der Waals surface area (Å²) in [6, 6.07) is 39.5. The van der Waals surface area contributed by atoms with E-state index in [1.807, 2.05) is 0 Å². The van der Waals surface area contributed by atoms with Crippen molar-refractivity contribution in [3.8, 4) is 11.1 Å². The highest BCUT2D eigenvalue weighted by molar-refractivity contribution is 6.14. The highest BCUT2D eigenvalue weighted by Crippen LogP contribution is 2.62. The molecule has 0 aromatic heterocycles. The first-order valence-electron chi connectivity index (χ1n) is 15.7. The van der Waals surface area contributed by atoms with Crippen molar-refractivity contribution in [3.05, 3.63) is 120 Å². The number of rotatable bonds is 1. The summed E-state index contributed by atoms with van der Waals surface area (Å²) >= 11 is 0. The molecule has 0 bridgehead atoms. The average Bonchev–Trinajstić information content (AvgIpc) is 3.36. The third kappa shape index (κ3) is 2.89. The predicted molar refractivity (Wildman–Crippen MR) is 179 cm³/mol. The van der Waals surface area contributed by atoms with Gasteiger partial charge in [0.2, 0.25) is 0 Å². The molecule has 1 heterocycles. The van der Waals surface area contributed by atoms with E-state index in [9.17, 15) is 0 Å². The van der Waals surface area contributed by atoms with Gasteiger partial charge in [0.05, 0.1) is 5.54 Å². The molecule has 6 aromatic carbocycles. The lowest BCUT2D eigenvalue weighted by Crippen LogP contribution is -2.54. The van der Waals surface area contributed by atoms with Crippen molar-refractivity contribution in [3.63, 3.8) is 0 Å². The summed E-state index contributed by atoms with van der Waals surface area (Å²) in [5, 5.41) is 8.06. The zero-order chi connectivity index (χ0) is 28.4. The molecule has 6 aromatic rings. The van der Waals surface area contributed by atoms with Crippen molar-refractivity contribution in [2.45, 2.75) is 69.7 Å². The first kappa shape index (κ1) is 24.5.